The number of hydrogen-bond donors (Lipinski definition) is 3. The van der Waals surface area contributed by atoms with E-state index in [2.05, 4.69) is 10.6 Å². The van der Waals surface area contributed by atoms with Crippen LogP contribution in [0, 0.1) is 23.2 Å². The Bertz CT molecular complexity index is 855. The largest absolute Gasteiger partial charge is 0.425 e. The number of nitrogens with one attached hydrogen (secondary N) is 2. The van der Waals surface area contributed by atoms with Crippen LogP contribution in [0.4, 0.5) is 0 Å². The molecule has 0 atom stereocenters. The number of aliphatic hydroxyl groups excluding tert-OH is 1. The molecular weight excluding hydrogens is 456 g/mol. The summed E-state index contributed by atoms with van der Waals surface area (Å²) < 4.78 is 11.0. The molecule has 5 rings (SSSR count). The van der Waals surface area contributed by atoms with Gasteiger partial charge in [0.1, 0.15) is 0 Å². The molecule has 3 N–H and O–H groups in total. The van der Waals surface area contributed by atoms with Crippen molar-refractivity contribution in [1.82, 2.24) is 10.6 Å². The number of ether oxygens (including phenoxy) is 2. The van der Waals surface area contributed by atoms with Gasteiger partial charge in [-0.3, -0.25) is 9.59 Å². The fraction of sp³-hybridized carbons (Fsp3) is 0.692. The van der Waals surface area contributed by atoms with E-state index in [9.17, 15) is 9.59 Å². The molecule has 188 valence electrons. The molecule has 4 fully saturated rings. The van der Waals surface area contributed by atoms with E-state index in [4.69, 9.17) is 26.2 Å². The topological polar surface area (TPSA) is 96.9 Å². The van der Waals surface area contributed by atoms with Crippen LogP contribution in [0.15, 0.2) is 12.1 Å². The molecule has 1 aromatic rings. The number of aliphatic hydroxyl groups is 1. The molecule has 34 heavy (non-hydrogen) atoms. The molecular formula is C26H37ClN2O5. The van der Waals surface area contributed by atoms with Crippen molar-refractivity contribution in [1.29, 1.82) is 0 Å². The van der Waals surface area contributed by atoms with E-state index >= 15 is 0 Å². The van der Waals surface area contributed by atoms with Crippen molar-refractivity contribution in [3.8, 4) is 5.75 Å². The highest BCUT2D eigenvalue weighted by Crippen LogP contribution is 2.59. The second-order valence-corrected chi connectivity index (χ2v) is 10.9. The van der Waals surface area contributed by atoms with Crippen LogP contribution in [0.3, 0.4) is 0 Å². The van der Waals surface area contributed by atoms with Crippen LogP contribution in [-0.2, 0) is 16.1 Å². The number of carbonyl (C=O) groups is 2. The molecule has 0 aliphatic heterocycles. The summed E-state index contributed by atoms with van der Waals surface area (Å²) >= 11 is 6.50. The highest BCUT2D eigenvalue weighted by atomic mass is 35.5. The van der Waals surface area contributed by atoms with Gasteiger partial charge in [-0.15, -0.1) is 0 Å². The molecule has 0 spiro atoms. The minimum absolute atomic E-state index is 0.146. The molecule has 4 aliphatic rings. The van der Waals surface area contributed by atoms with Crippen LogP contribution in [-0.4, -0.2) is 49.8 Å². The van der Waals surface area contributed by atoms with Crippen molar-refractivity contribution < 1.29 is 24.2 Å². The predicted molar refractivity (Wildman–Crippen MR) is 130 cm³/mol. The van der Waals surface area contributed by atoms with Gasteiger partial charge >= 0.3 is 5.97 Å². The van der Waals surface area contributed by atoms with Gasteiger partial charge in [-0.25, -0.2) is 0 Å². The van der Waals surface area contributed by atoms with Crippen LogP contribution in [0.5, 0.6) is 5.75 Å². The van der Waals surface area contributed by atoms with Crippen LogP contribution < -0.4 is 15.4 Å². The van der Waals surface area contributed by atoms with E-state index in [0.717, 1.165) is 29.9 Å². The van der Waals surface area contributed by atoms with Crippen molar-refractivity contribution in [3.63, 3.8) is 0 Å². The van der Waals surface area contributed by atoms with Gasteiger partial charge in [0, 0.05) is 26.6 Å². The lowest BCUT2D eigenvalue weighted by Gasteiger charge is -2.56. The SMILES string of the molecule is CC(=O)Oc1cc(COCCNCCCO)cc(C(=O)NCC23CC4CC(CC(C4)C2)C3)c1Cl. The fourth-order valence-corrected chi connectivity index (χ4v) is 6.90. The first-order valence-electron chi connectivity index (χ1n) is 12.6. The zero-order valence-electron chi connectivity index (χ0n) is 20.0. The normalized spacial score (nSPS) is 27.1. The third-order valence-corrected chi connectivity index (χ3v) is 7.98. The number of esters is 1. The third-order valence-electron chi connectivity index (χ3n) is 7.59. The molecule has 0 unspecified atom stereocenters. The summed E-state index contributed by atoms with van der Waals surface area (Å²) in [6.45, 7) is 4.27. The lowest BCUT2D eigenvalue weighted by molar-refractivity contribution is -0.131. The molecule has 8 heteroatoms. The maximum atomic E-state index is 13.2. The summed E-state index contributed by atoms with van der Waals surface area (Å²) in [5.41, 5.74) is 1.25. The molecule has 1 amide bonds. The van der Waals surface area contributed by atoms with Gasteiger partial charge in [0.25, 0.3) is 5.91 Å². The summed E-state index contributed by atoms with van der Waals surface area (Å²) in [6, 6.07) is 3.38. The molecule has 7 nitrogen and oxygen atoms in total. The Morgan fingerprint density at radius 1 is 1.12 bits per heavy atom. The van der Waals surface area contributed by atoms with Crippen LogP contribution in [0.25, 0.3) is 0 Å². The predicted octanol–water partition coefficient (Wildman–Crippen LogP) is 3.70. The minimum atomic E-state index is -0.493. The van der Waals surface area contributed by atoms with Crippen molar-refractivity contribution in [2.45, 2.75) is 58.5 Å². The highest BCUT2D eigenvalue weighted by molar-refractivity contribution is 6.35. The molecule has 4 saturated carbocycles. The van der Waals surface area contributed by atoms with Crippen LogP contribution in [0.2, 0.25) is 5.02 Å². The second-order valence-electron chi connectivity index (χ2n) is 10.5. The Labute approximate surface area is 206 Å². The van der Waals surface area contributed by atoms with E-state index < -0.39 is 5.97 Å². The molecule has 1 aromatic carbocycles. The maximum absolute atomic E-state index is 13.2. The van der Waals surface area contributed by atoms with Gasteiger partial charge in [0.15, 0.2) is 5.75 Å². The van der Waals surface area contributed by atoms with E-state index in [1.54, 1.807) is 12.1 Å². The molecule has 0 aromatic heterocycles. The summed E-state index contributed by atoms with van der Waals surface area (Å²) in [5, 5.41) is 15.3. The van der Waals surface area contributed by atoms with E-state index in [1.807, 2.05) is 0 Å². The van der Waals surface area contributed by atoms with Gasteiger partial charge in [-0.05, 0) is 92.4 Å². The van der Waals surface area contributed by atoms with Crippen LogP contribution >= 0.6 is 11.6 Å². The average Bonchev–Trinajstić information content (AvgIpc) is 2.77. The second kappa shape index (κ2) is 11.4. The number of hydrogen-bond acceptors (Lipinski definition) is 6. The standard InChI is InChI=1S/C26H37ClN2O5/c1-17(31)34-23-11-21(15-33-6-4-28-3-2-5-30)10-22(24(23)27)25(32)29-16-26-12-18-7-19(13-26)9-20(8-18)14-26/h10-11,18-20,28,30H,2-9,12-16H2,1H3,(H,29,32). The number of benzene rings is 1. The van der Waals surface area contributed by atoms with E-state index in [1.165, 1.54) is 45.4 Å². The van der Waals surface area contributed by atoms with Crippen molar-refractivity contribution in [2.24, 2.45) is 23.2 Å². The van der Waals surface area contributed by atoms with Crippen molar-refractivity contribution in [3.05, 3.63) is 28.3 Å². The minimum Gasteiger partial charge on any atom is -0.425 e. The Morgan fingerprint density at radius 2 is 1.79 bits per heavy atom. The Kier molecular flexibility index (Phi) is 8.51. The average molecular weight is 493 g/mol. The highest BCUT2D eigenvalue weighted by Gasteiger charge is 2.50. The first-order valence-corrected chi connectivity index (χ1v) is 12.9. The van der Waals surface area contributed by atoms with Gasteiger partial charge in [-0.2, -0.15) is 0 Å². The molecule has 0 radical (unpaired) electrons. The van der Waals surface area contributed by atoms with Crippen LogP contribution in [0.1, 0.15) is 67.8 Å². The maximum Gasteiger partial charge on any atom is 0.308 e. The number of halogens is 1. The first kappa shape index (κ1) is 25.4. The quantitative estimate of drug-likeness (QED) is 0.234. The lowest BCUT2D eigenvalue weighted by Crippen LogP contribution is -2.51. The van der Waals surface area contributed by atoms with Gasteiger partial charge in [0.05, 0.1) is 23.8 Å². The Morgan fingerprint density at radius 3 is 2.41 bits per heavy atom. The molecule has 4 bridgehead atoms. The van der Waals surface area contributed by atoms with Crippen molar-refractivity contribution in [2.75, 3.05) is 32.8 Å². The number of carbonyl (C=O) groups excluding carboxylic acids is 2. The summed E-state index contributed by atoms with van der Waals surface area (Å²) in [6.07, 6.45) is 8.44. The van der Waals surface area contributed by atoms with E-state index in [-0.39, 0.29) is 35.3 Å². The molecule has 4 aliphatic carbocycles. The third kappa shape index (κ3) is 6.30. The van der Waals surface area contributed by atoms with Crippen molar-refractivity contribution >= 4 is 23.5 Å². The first-order chi connectivity index (χ1) is 16.4. The fourth-order valence-electron chi connectivity index (χ4n) is 6.67. The zero-order valence-corrected chi connectivity index (χ0v) is 20.8. The van der Waals surface area contributed by atoms with Gasteiger partial charge in [-0.1, -0.05) is 11.6 Å². The summed E-state index contributed by atoms with van der Waals surface area (Å²) in [4.78, 5) is 24.8. The van der Waals surface area contributed by atoms with Gasteiger partial charge < -0.3 is 25.2 Å². The Hall–Kier alpha value is -1.67. The van der Waals surface area contributed by atoms with E-state index in [0.29, 0.717) is 31.7 Å². The molecule has 0 saturated heterocycles. The number of rotatable bonds is 12. The summed E-state index contributed by atoms with van der Waals surface area (Å²) in [5.74, 6) is 1.91. The summed E-state index contributed by atoms with van der Waals surface area (Å²) in [7, 11) is 0. The smallest absolute Gasteiger partial charge is 0.308 e. The van der Waals surface area contributed by atoms with Gasteiger partial charge in [0.2, 0.25) is 0 Å². The monoisotopic (exact) mass is 492 g/mol. The number of amides is 1. The molecule has 0 heterocycles. The zero-order chi connectivity index (χ0) is 24.1. The Balaban J connectivity index is 1.39. The lowest BCUT2D eigenvalue weighted by atomic mass is 9.49.